The lowest BCUT2D eigenvalue weighted by atomic mass is 9.99. The summed E-state index contributed by atoms with van der Waals surface area (Å²) in [7, 11) is -3.66. The van der Waals surface area contributed by atoms with Crippen molar-refractivity contribution < 1.29 is 8.42 Å². The normalized spacial score (nSPS) is 16.4. The Morgan fingerprint density at radius 1 is 1.12 bits per heavy atom. The Kier molecular flexibility index (Phi) is 6.89. The van der Waals surface area contributed by atoms with E-state index in [0.717, 1.165) is 31.2 Å². The van der Waals surface area contributed by atoms with E-state index in [4.69, 9.17) is 5.73 Å². The molecule has 2 aromatic rings. The predicted octanol–water partition coefficient (Wildman–Crippen LogP) is 2.36. The zero-order valence-corrected chi connectivity index (χ0v) is 15.5. The highest BCUT2D eigenvalue weighted by Gasteiger charge is 2.28. The fraction of sp³-hybridized carbons (Fsp3) is 0.412. The number of nitrogens with one attached hydrogen (secondary N) is 1. The van der Waals surface area contributed by atoms with E-state index >= 15 is 0 Å². The zero-order chi connectivity index (χ0) is 17.0. The summed E-state index contributed by atoms with van der Waals surface area (Å²) in [4.78, 5) is 8.44. The zero-order valence-electron chi connectivity index (χ0n) is 13.8. The predicted molar refractivity (Wildman–Crippen MR) is 99.8 cm³/mol. The minimum Gasteiger partial charge on any atom is -0.329 e. The van der Waals surface area contributed by atoms with Crippen molar-refractivity contribution in [3.63, 3.8) is 0 Å². The molecule has 1 aromatic heterocycles. The Balaban J connectivity index is 0.00000225. The van der Waals surface area contributed by atoms with E-state index in [1.165, 1.54) is 12.4 Å². The summed E-state index contributed by atoms with van der Waals surface area (Å²) in [6.07, 6.45) is 7.01. The molecule has 1 atom stereocenters. The van der Waals surface area contributed by atoms with Crippen molar-refractivity contribution >= 4 is 22.4 Å². The first-order valence-electron chi connectivity index (χ1n) is 8.20. The molecular formula is C17H23ClN4O2S. The fourth-order valence-corrected chi connectivity index (χ4v) is 4.36. The number of benzene rings is 1. The topological polar surface area (TPSA) is 98.0 Å². The molecule has 1 aromatic carbocycles. The first kappa shape index (κ1) is 19.8. The molecule has 1 fully saturated rings. The third-order valence-electron chi connectivity index (χ3n) is 4.50. The molecule has 0 aliphatic heterocycles. The van der Waals surface area contributed by atoms with Crippen LogP contribution in [-0.4, -0.2) is 31.0 Å². The Labute approximate surface area is 154 Å². The molecule has 8 heteroatoms. The van der Waals surface area contributed by atoms with E-state index in [1.54, 1.807) is 0 Å². The van der Waals surface area contributed by atoms with Gasteiger partial charge in [0.2, 0.25) is 10.0 Å². The van der Waals surface area contributed by atoms with Gasteiger partial charge >= 0.3 is 0 Å². The van der Waals surface area contributed by atoms with Crippen molar-refractivity contribution in [1.29, 1.82) is 0 Å². The van der Waals surface area contributed by atoms with Crippen LogP contribution in [0.2, 0.25) is 0 Å². The fourth-order valence-electron chi connectivity index (χ4n) is 3.16. The van der Waals surface area contributed by atoms with Gasteiger partial charge < -0.3 is 5.73 Å². The van der Waals surface area contributed by atoms with Gasteiger partial charge in [-0.3, -0.25) is 0 Å². The highest BCUT2D eigenvalue weighted by atomic mass is 35.5. The molecule has 1 aliphatic carbocycles. The minimum atomic E-state index is -3.66. The smallest absolute Gasteiger partial charge is 0.243 e. The molecule has 0 spiro atoms. The molecule has 3 N–H and O–H groups in total. The summed E-state index contributed by atoms with van der Waals surface area (Å²) in [5.74, 6) is 0.815. The number of hydrogen-bond acceptors (Lipinski definition) is 5. The van der Waals surface area contributed by atoms with Gasteiger partial charge in [-0.15, -0.1) is 12.4 Å². The maximum absolute atomic E-state index is 12.6. The molecule has 6 nitrogen and oxygen atoms in total. The number of halogens is 1. The third kappa shape index (κ3) is 4.76. The van der Waals surface area contributed by atoms with Crippen LogP contribution in [0.3, 0.4) is 0 Å². The maximum Gasteiger partial charge on any atom is 0.243 e. The average molecular weight is 383 g/mol. The van der Waals surface area contributed by atoms with E-state index in [9.17, 15) is 8.42 Å². The van der Waals surface area contributed by atoms with Crippen LogP contribution in [0.25, 0.3) is 11.4 Å². The second-order valence-corrected chi connectivity index (χ2v) is 7.83. The first-order valence-corrected chi connectivity index (χ1v) is 9.68. The van der Waals surface area contributed by atoms with Crippen LogP contribution in [0.15, 0.2) is 47.6 Å². The number of hydrogen-bond donors (Lipinski definition) is 2. The number of rotatable bonds is 6. The largest absolute Gasteiger partial charge is 0.329 e. The van der Waals surface area contributed by atoms with Crippen LogP contribution < -0.4 is 10.5 Å². The molecule has 25 heavy (non-hydrogen) atoms. The highest BCUT2D eigenvalue weighted by molar-refractivity contribution is 7.89. The van der Waals surface area contributed by atoms with Gasteiger partial charge in [0.1, 0.15) is 4.90 Å². The lowest BCUT2D eigenvalue weighted by Gasteiger charge is -2.22. The average Bonchev–Trinajstić information content (AvgIpc) is 3.15. The molecule has 3 rings (SSSR count). The monoisotopic (exact) mass is 382 g/mol. The minimum absolute atomic E-state index is 0. The summed E-state index contributed by atoms with van der Waals surface area (Å²) >= 11 is 0. The highest BCUT2D eigenvalue weighted by Crippen LogP contribution is 2.28. The van der Waals surface area contributed by atoms with Crippen LogP contribution >= 0.6 is 12.4 Å². The Morgan fingerprint density at radius 2 is 1.72 bits per heavy atom. The van der Waals surface area contributed by atoms with Gasteiger partial charge in [0, 0.05) is 18.2 Å². The van der Waals surface area contributed by atoms with Gasteiger partial charge in [0.25, 0.3) is 0 Å². The van der Waals surface area contributed by atoms with Crippen molar-refractivity contribution in [3.05, 3.63) is 42.7 Å². The van der Waals surface area contributed by atoms with Crippen LogP contribution in [0.1, 0.15) is 25.7 Å². The second kappa shape index (κ2) is 8.71. The van der Waals surface area contributed by atoms with Crippen LogP contribution in [0.4, 0.5) is 0 Å². The van der Waals surface area contributed by atoms with Crippen molar-refractivity contribution in [2.24, 2.45) is 11.7 Å². The van der Waals surface area contributed by atoms with Crippen molar-refractivity contribution in [2.45, 2.75) is 36.6 Å². The van der Waals surface area contributed by atoms with E-state index in [-0.39, 0.29) is 23.3 Å². The van der Waals surface area contributed by atoms with E-state index < -0.39 is 10.0 Å². The summed E-state index contributed by atoms with van der Waals surface area (Å²) in [6, 6.07) is 9.21. The first-order chi connectivity index (χ1) is 11.6. The van der Waals surface area contributed by atoms with Gasteiger partial charge in [-0.05, 0) is 18.8 Å². The van der Waals surface area contributed by atoms with Crippen LogP contribution in [0, 0.1) is 5.92 Å². The van der Waals surface area contributed by atoms with Gasteiger partial charge in [-0.25, -0.2) is 23.1 Å². The lowest BCUT2D eigenvalue weighted by Crippen LogP contribution is -2.44. The van der Waals surface area contributed by atoms with Gasteiger partial charge in [-0.1, -0.05) is 43.2 Å². The van der Waals surface area contributed by atoms with Gasteiger partial charge in [0.15, 0.2) is 5.82 Å². The molecule has 1 unspecified atom stereocenters. The quantitative estimate of drug-likeness (QED) is 0.799. The number of nitrogens with zero attached hydrogens (tertiary/aromatic N) is 2. The molecule has 0 saturated heterocycles. The Bertz CT molecular complexity index is 763. The SMILES string of the molecule is Cl.NCC(NS(=O)(=O)c1cnc(-c2ccccc2)nc1)C1CCCC1. The standard InChI is InChI=1S/C17H22N4O2S.ClH/c18-10-16(13-6-4-5-7-13)21-24(22,23)15-11-19-17(20-12-15)14-8-2-1-3-9-14;/h1-3,8-9,11-13,16,21H,4-7,10,18H2;1H. The molecule has 1 heterocycles. The van der Waals surface area contributed by atoms with Crippen molar-refractivity contribution in [1.82, 2.24) is 14.7 Å². The summed E-state index contributed by atoms with van der Waals surface area (Å²) in [5, 5.41) is 0. The van der Waals surface area contributed by atoms with Crippen molar-refractivity contribution in [3.8, 4) is 11.4 Å². The van der Waals surface area contributed by atoms with Crippen LogP contribution in [0.5, 0.6) is 0 Å². The number of sulfonamides is 1. The molecule has 0 amide bonds. The van der Waals surface area contributed by atoms with Gasteiger partial charge in [-0.2, -0.15) is 0 Å². The Morgan fingerprint density at radius 3 is 2.28 bits per heavy atom. The lowest BCUT2D eigenvalue weighted by molar-refractivity contribution is 0.405. The molecule has 0 bridgehead atoms. The summed E-state index contributed by atoms with van der Waals surface area (Å²) < 4.78 is 27.8. The summed E-state index contributed by atoms with van der Waals surface area (Å²) in [5.41, 5.74) is 6.63. The summed E-state index contributed by atoms with van der Waals surface area (Å²) in [6.45, 7) is 0.298. The Hall–Kier alpha value is -1.54. The third-order valence-corrected chi connectivity index (χ3v) is 5.94. The maximum atomic E-state index is 12.6. The van der Waals surface area contributed by atoms with E-state index in [0.29, 0.717) is 18.3 Å². The van der Waals surface area contributed by atoms with Crippen LogP contribution in [-0.2, 0) is 10.0 Å². The number of aromatic nitrogens is 2. The molecule has 1 saturated carbocycles. The van der Waals surface area contributed by atoms with Gasteiger partial charge in [0.05, 0.1) is 12.4 Å². The van der Waals surface area contributed by atoms with E-state index in [2.05, 4.69) is 14.7 Å². The molecule has 0 radical (unpaired) electrons. The molecule has 136 valence electrons. The number of nitrogens with two attached hydrogens (primary N) is 1. The molecular weight excluding hydrogens is 360 g/mol. The van der Waals surface area contributed by atoms with Crippen molar-refractivity contribution in [2.75, 3.05) is 6.54 Å². The molecule has 1 aliphatic rings. The second-order valence-electron chi connectivity index (χ2n) is 6.12. The van der Waals surface area contributed by atoms with E-state index in [1.807, 2.05) is 30.3 Å².